The molecule has 130 valence electrons. The molecule has 0 unspecified atom stereocenters. The monoisotopic (exact) mass is 332 g/mol. The molecule has 0 fully saturated rings. The third kappa shape index (κ3) is 3.64. The van der Waals surface area contributed by atoms with Gasteiger partial charge in [0.25, 0.3) is 0 Å². The van der Waals surface area contributed by atoms with Gasteiger partial charge in [-0.3, -0.25) is 4.90 Å². The van der Waals surface area contributed by atoms with E-state index in [-0.39, 0.29) is 0 Å². The molecule has 2 aromatic rings. The van der Waals surface area contributed by atoms with Crippen molar-refractivity contribution in [2.75, 3.05) is 24.5 Å². The van der Waals surface area contributed by atoms with Crippen LogP contribution in [-0.4, -0.2) is 24.5 Å². The molecule has 4 rings (SSSR count). The predicted molar refractivity (Wildman–Crippen MR) is 107 cm³/mol. The van der Waals surface area contributed by atoms with E-state index in [1.54, 1.807) is 0 Å². The Morgan fingerprint density at radius 3 is 2.16 bits per heavy atom. The normalized spacial score (nSPS) is 17.7. The summed E-state index contributed by atoms with van der Waals surface area (Å²) in [4.78, 5) is 5.03. The Morgan fingerprint density at radius 2 is 1.60 bits per heavy atom. The van der Waals surface area contributed by atoms with Crippen molar-refractivity contribution in [3.8, 4) is 0 Å². The smallest absolute Gasteiger partial charge is 0.0436 e. The minimum Gasteiger partial charge on any atom is -0.363 e. The zero-order valence-corrected chi connectivity index (χ0v) is 15.4. The van der Waals surface area contributed by atoms with Gasteiger partial charge in [0.1, 0.15) is 0 Å². The van der Waals surface area contributed by atoms with Gasteiger partial charge in [-0.25, -0.2) is 0 Å². The van der Waals surface area contributed by atoms with Gasteiger partial charge in [-0.15, -0.1) is 0 Å². The largest absolute Gasteiger partial charge is 0.363 e. The standard InChI is InChI=1S/C23H28N2/c1-18(2)15-24-13-11-20(12-14-24)19-7-9-23(10-8-19)25-16-21-5-3-4-6-22(21)17-25/h3-11,18H,12-17H2,1-2H3. The van der Waals surface area contributed by atoms with Crippen LogP contribution in [0.5, 0.6) is 0 Å². The number of rotatable bonds is 4. The minimum atomic E-state index is 0.749. The van der Waals surface area contributed by atoms with Crippen LogP contribution >= 0.6 is 0 Å². The van der Waals surface area contributed by atoms with Gasteiger partial charge in [0.2, 0.25) is 0 Å². The molecule has 0 radical (unpaired) electrons. The highest BCUT2D eigenvalue weighted by Crippen LogP contribution is 2.30. The van der Waals surface area contributed by atoms with Gasteiger partial charge < -0.3 is 4.90 Å². The molecule has 0 spiro atoms. The first kappa shape index (κ1) is 16.4. The van der Waals surface area contributed by atoms with E-state index in [0.717, 1.165) is 25.6 Å². The highest BCUT2D eigenvalue weighted by atomic mass is 15.1. The summed E-state index contributed by atoms with van der Waals surface area (Å²) in [6.07, 6.45) is 3.59. The maximum absolute atomic E-state index is 2.56. The summed E-state index contributed by atoms with van der Waals surface area (Å²) >= 11 is 0. The van der Waals surface area contributed by atoms with Gasteiger partial charge in [0.15, 0.2) is 0 Å². The SMILES string of the molecule is CC(C)CN1CC=C(c2ccc(N3Cc4ccccc4C3)cc2)CC1. The van der Waals surface area contributed by atoms with Crippen LogP contribution in [0.25, 0.3) is 5.57 Å². The minimum absolute atomic E-state index is 0.749. The van der Waals surface area contributed by atoms with E-state index in [4.69, 9.17) is 0 Å². The molecule has 2 aliphatic heterocycles. The Kier molecular flexibility index (Phi) is 4.63. The van der Waals surface area contributed by atoms with Crippen LogP contribution in [0.15, 0.2) is 54.6 Å². The Hall–Kier alpha value is -2.06. The van der Waals surface area contributed by atoms with Crippen LogP contribution in [0.3, 0.4) is 0 Å². The molecule has 2 aliphatic rings. The third-order valence-corrected chi connectivity index (χ3v) is 5.36. The van der Waals surface area contributed by atoms with E-state index in [1.165, 1.54) is 47.5 Å². The van der Waals surface area contributed by atoms with Gasteiger partial charge in [0, 0.05) is 38.4 Å². The van der Waals surface area contributed by atoms with Crippen LogP contribution in [-0.2, 0) is 13.1 Å². The van der Waals surface area contributed by atoms with E-state index in [1.807, 2.05) is 0 Å². The van der Waals surface area contributed by atoms with Crippen molar-refractivity contribution in [2.24, 2.45) is 5.92 Å². The lowest BCUT2D eigenvalue weighted by Gasteiger charge is -2.28. The number of hydrogen-bond acceptors (Lipinski definition) is 2. The highest BCUT2D eigenvalue weighted by molar-refractivity contribution is 5.68. The van der Waals surface area contributed by atoms with Gasteiger partial charge >= 0.3 is 0 Å². The van der Waals surface area contributed by atoms with Gasteiger partial charge in [0.05, 0.1) is 0 Å². The number of hydrogen-bond donors (Lipinski definition) is 0. The van der Waals surface area contributed by atoms with Gasteiger partial charge in [-0.05, 0) is 46.7 Å². The summed E-state index contributed by atoms with van der Waals surface area (Å²) in [5.74, 6) is 0.749. The van der Waals surface area contributed by atoms with Crippen molar-refractivity contribution in [3.05, 3.63) is 71.3 Å². The average Bonchev–Trinajstić information content (AvgIpc) is 3.06. The van der Waals surface area contributed by atoms with Crippen LogP contribution < -0.4 is 4.90 Å². The Morgan fingerprint density at radius 1 is 0.920 bits per heavy atom. The second-order valence-electron chi connectivity index (χ2n) is 7.80. The Labute approximate surface area is 151 Å². The molecule has 0 aliphatic carbocycles. The first-order valence-electron chi connectivity index (χ1n) is 9.52. The lowest BCUT2D eigenvalue weighted by molar-refractivity contribution is 0.268. The summed E-state index contributed by atoms with van der Waals surface area (Å²) in [5.41, 5.74) is 7.16. The van der Waals surface area contributed by atoms with E-state index < -0.39 is 0 Å². The summed E-state index contributed by atoms with van der Waals surface area (Å²) in [7, 11) is 0. The molecular formula is C23H28N2. The topological polar surface area (TPSA) is 6.48 Å². The van der Waals surface area contributed by atoms with Crippen molar-refractivity contribution in [2.45, 2.75) is 33.4 Å². The van der Waals surface area contributed by atoms with Crippen molar-refractivity contribution >= 4 is 11.3 Å². The molecule has 0 saturated heterocycles. The van der Waals surface area contributed by atoms with Crippen molar-refractivity contribution < 1.29 is 0 Å². The predicted octanol–water partition coefficient (Wildman–Crippen LogP) is 4.95. The molecule has 2 aromatic carbocycles. The number of nitrogens with zero attached hydrogens (tertiary/aromatic N) is 2. The molecule has 2 nitrogen and oxygen atoms in total. The lowest BCUT2D eigenvalue weighted by atomic mass is 9.98. The first-order valence-corrected chi connectivity index (χ1v) is 9.52. The summed E-state index contributed by atoms with van der Waals surface area (Å²) in [5, 5.41) is 0. The van der Waals surface area contributed by atoms with Crippen molar-refractivity contribution in [1.29, 1.82) is 0 Å². The molecule has 0 aromatic heterocycles. The van der Waals surface area contributed by atoms with Crippen LogP contribution in [0.1, 0.15) is 37.0 Å². The van der Waals surface area contributed by atoms with E-state index in [2.05, 4.69) is 78.3 Å². The summed E-state index contributed by atoms with van der Waals surface area (Å²) in [6, 6.07) is 18.0. The summed E-state index contributed by atoms with van der Waals surface area (Å²) in [6.45, 7) is 10.1. The number of fused-ring (bicyclic) bond motifs is 1. The van der Waals surface area contributed by atoms with E-state index in [9.17, 15) is 0 Å². The fourth-order valence-corrected chi connectivity index (χ4v) is 4.06. The van der Waals surface area contributed by atoms with Crippen LogP contribution in [0.2, 0.25) is 0 Å². The van der Waals surface area contributed by atoms with Gasteiger partial charge in [-0.1, -0.05) is 56.3 Å². The number of anilines is 1. The Balaban J connectivity index is 1.42. The molecule has 0 N–H and O–H groups in total. The molecule has 0 bridgehead atoms. The summed E-state index contributed by atoms with van der Waals surface area (Å²) < 4.78 is 0. The average molecular weight is 332 g/mol. The van der Waals surface area contributed by atoms with Crippen LogP contribution in [0.4, 0.5) is 5.69 Å². The maximum atomic E-state index is 2.56. The van der Waals surface area contributed by atoms with Crippen molar-refractivity contribution in [1.82, 2.24) is 4.90 Å². The van der Waals surface area contributed by atoms with Crippen molar-refractivity contribution in [3.63, 3.8) is 0 Å². The number of benzene rings is 2. The second-order valence-corrected chi connectivity index (χ2v) is 7.80. The third-order valence-electron chi connectivity index (χ3n) is 5.36. The first-order chi connectivity index (χ1) is 12.2. The molecule has 0 saturated carbocycles. The fourth-order valence-electron chi connectivity index (χ4n) is 4.06. The fraction of sp³-hybridized carbons (Fsp3) is 0.391. The van der Waals surface area contributed by atoms with E-state index in [0.29, 0.717) is 0 Å². The van der Waals surface area contributed by atoms with Crippen LogP contribution in [0, 0.1) is 5.92 Å². The molecule has 25 heavy (non-hydrogen) atoms. The lowest BCUT2D eigenvalue weighted by Crippen LogP contribution is -2.31. The Bertz CT molecular complexity index is 733. The highest BCUT2D eigenvalue weighted by Gasteiger charge is 2.19. The van der Waals surface area contributed by atoms with Gasteiger partial charge in [-0.2, -0.15) is 0 Å². The quantitative estimate of drug-likeness (QED) is 0.781. The molecule has 0 atom stereocenters. The zero-order valence-electron chi connectivity index (χ0n) is 15.4. The maximum Gasteiger partial charge on any atom is 0.0436 e. The molecule has 2 heteroatoms. The van der Waals surface area contributed by atoms with E-state index >= 15 is 0 Å². The zero-order chi connectivity index (χ0) is 17.2. The molecular weight excluding hydrogens is 304 g/mol. The second kappa shape index (κ2) is 7.05. The molecule has 2 heterocycles. The molecule has 0 amide bonds.